The largest absolute Gasteiger partial charge is 0.444 e. The van der Waals surface area contributed by atoms with Crippen molar-refractivity contribution < 1.29 is 9.53 Å². The van der Waals surface area contributed by atoms with Crippen LogP contribution in [0.1, 0.15) is 20.8 Å². The van der Waals surface area contributed by atoms with E-state index in [0.717, 1.165) is 13.1 Å². The highest BCUT2D eigenvalue weighted by atomic mass is 16.6. The Morgan fingerprint density at radius 1 is 1.33 bits per heavy atom. The lowest BCUT2D eigenvalue weighted by Gasteiger charge is -2.25. The van der Waals surface area contributed by atoms with Gasteiger partial charge in [0.25, 0.3) is 0 Å². The summed E-state index contributed by atoms with van der Waals surface area (Å²) < 4.78 is 5.33. The molecule has 0 aromatic heterocycles. The van der Waals surface area contributed by atoms with Crippen LogP contribution in [0.15, 0.2) is 0 Å². The van der Waals surface area contributed by atoms with Crippen LogP contribution in [0.3, 0.4) is 0 Å². The number of hydrogen-bond acceptors (Lipinski definition) is 3. The van der Waals surface area contributed by atoms with E-state index in [9.17, 15) is 4.79 Å². The summed E-state index contributed by atoms with van der Waals surface area (Å²) in [7, 11) is 1.99. The predicted molar refractivity (Wildman–Crippen MR) is 57.6 cm³/mol. The first-order valence-corrected chi connectivity index (χ1v) is 5.57. The van der Waals surface area contributed by atoms with Gasteiger partial charge >= 0.3 is 6.09 Å². The van der Waals surface area contributed by atoms with Crippen LogP contribution in [0, 0.1) is 11.8 Å². The van der Waals surface area contributed by atoms with E-state index in [1.165, 1.54) is 0 Å². The zero-order valence-corrected chi connectivity index (χ0v) is 9.91. The maximum Gasteiger partial charge on any atom is 0.410 e. The molecule has 1 heterocycles. The highest BCUT2D eigenvalue weighted by Crippen LogP contribution is 2.45. The number of ether oxygens (including phenoxy) is 1. The molecule has 0 bridgehead atoms. The number of fused-ring (bicyclic) bond motifs is 1. The van der Waals surface area contributed by atoms with E-state index >= 15 is 0 Å². The molecule has 86 valence electrons. The summed E-state index contributed by atoms with van der Waals surface area (Å²) in [5, 5.41) is 3.27. The molecule has 1 saturated carbocycles. The van der Waals surface area contributed by atoms with Crippen LogP contribution in [-0.4, -0.2) is 42.8 Å². The molecule has 1 unspecified atom stereocenters. The van der Waals surface area contributed by atoms with Gasteiger partial charge in [-0.1, -0.05) is 0 Å². The number of rotatable bonds is 1. The molecule has 2 rings (SSSR count). The van der Waals surface area contributed by atoms with Crippen LogP contribution >= 0.6 is 0 Å². The predicted octanol–water partition coefficient (Wildman–Crippen LogP) is 1.07. The van der Waals surface area contributed by atoms with Gasteiger partial charge in [0.1, 0.15) is 5.60 Å². The third-order valence-electron chi connectivity index (χ3n) is 3.18. The van der Waals surface area contributed by atoms with Gasteiger partial charge < -0.3 is 15.0 Å². The minimum absolute atomic E-state index is 0.162. The van der Waals surface area contributed by atoms with Crippen LogP contribution in [0.5, 0.6) is 0 Å². The Morgan fingerprint density at radius 2 is 1.87 bits per heavy atom. The second-order valence-corrected chi connectivity index (χ2v) is 5.53. The van der Waals surface area contributed by atoms with Gasteiger partial charge in [-0.3, -0.25) is 0 Å². The lowest BCUT2D eigenvalue weighted by molar-refractivity contribution is 0.0270. The van der Waals surface area contributed by atoms with Gasteiger partial charge in [-0.25, -0.2) is 4.79 Å². The Bertz CT molecular complexity index is 260. The van der Waals surface area contributed by atoms with E-state index in [4.69, 9.17) is 4.74 Å². The zero-order valence-electron chi connectivity index (χ0n) is 9.91. The summed E-state index contributed by atoms with van der Waals surface area (Å²) in [5.74, 6) is 1.31. The molecular weight excluding hydrogens is 192 g/mol. The third-order valence-corrected chi connectivity index (χ3v) is 3.18. The molecule has 2 fully saturated rings. The monoisotopic (exact) mass is 212 g/mol. The number of likely N-dealkylation sites (tertiary alicyclic amines) is 1. The number of carbonyl (C=O) groups excluding carboxylic acids is 1. The van der Waals surface area contributed by atoms with E-state index in [0.29, 0.717) is 17.9 Å². The van der Waals surface area contributed by atoms with Gasteiger partial charge in [-0.2, -0.15) is 0 Å². The summed E-state index contributed by atoms with van der Waals surface area (Å²) in [6.45, 7) is 7.41. The van der Waals surface area contributed by atoms with Crippen molar-refractivity contribution in [2.45, 2.75) is 32.4 Å². The molecular formula is C11H20N2O2. The molecule has 1 amide bonds. The van der Waals surface area contributed by atoms with Crippen molar-refractivity contribution >= 4 is 6.09 Å². The van der Waals surface area contributed by atoms with E-state index < -0.39 is 0 Å². The van der Waals surface area contributed by atoms with Crippen molar-refractivity contribution in [3.8, 4) is 0 Å². The SMILES string of the molecule is CNC1[C@H]2CN(C(=O)OC(C)(C)C)C[C@@H]12. The van der Waals surface area contributed by atoms with Gasteiger partial charge in [0.2, 0.25) is 0 Å². The third kappa shape index (κ3) is 2.09. The molecule has 0 aromatic rings. The molecule has 15 heavy (non-hydrogen) atoms. The number of nitrogens with one attached hydrogen (secondary N) is 1. The Balaban J connectivity index is 1.82. The average Bonchev–Trinajstić information content (AvgIpc) is 2.54. The molecule has 4 nitrogen and oxygen atoms in total. The van der Waals surface area contributed by atoms with Crippen molar-refractivity contribution in [1.82, 2.24) is 10.2 Å². The number of piperidine rings is 1. The average molecular weight is 212 g/mol. The first kappa shape index (κ1) is 10.7. The second-order valence-electron chi connectivity index (χ2n) is 5.53. The maximum absolute atomic E-state index is 11.7. The van der Waals surface area contributed by atoms with Crippen LogP contribution in [0.25, 0.3) is 0 Å². The molecule has 1 N–H and O–H groups in total. The van der Waals surface area contributed by atoms with Crippen molar-refractivity contribution in [2.24, 2.45) is 11.8 Å². The topological polar surface area (TPSA) is 41.6 Å². The van der Waals surface area contributed by atoms with Crippen LogP contribution < -0.4 is 5.32 Å². The second kappa shape index (κ2) is 3.37. The fourth-order valence-corrected chi connectivity index (χ4v) is 2.43. The normalized spacial score (nSPS) is 33.9. The smallest absolute Gasteiger partial charge is 0.410 e. The fourth-order valence-electron chi connectivity index (χ4n) is 2.43. The number of amides is 1. The Kier molecular flexibility index (Phi) is 2.41. The number of carbonyl (C=O) groups is 1. The molecule has 0 radical (unpaired) electrons. The number of hydrogen-bond donors (Lipinski definition) is 1. The first-order chi connectivity index (χ1) is 6.92. The van der Waals surface area contributed by atoms with Gasteiger partial charge in [0, 0.05) is 19.1 Å². The summed E-state index contributed by atoms with van der Waals surface area (Å²) in [6.07, 6.45) is -0.162. The highest BCUT2D eigenvalue weighted by molar-refractivity contribution is 5.69. The van der Waals surface area contributed by atoms with E-state index in [-0.39, 0.29) is 11.7 Å². The van der Waals surface area contributed by atoms with Crippen molar-refractivity contribution in [1.29, 1.82) is 0 Å². The Hall–Kier alpha value is -0.770. The lowest BCUT2D eigenvalue weighted by atomic mass is 10.2. The molecule has 1 aliphatic heterocycles. The van der Waals surface area contributed by atoms with Crippen LogP contribution in [0.4, 0.5) is 4.79 Å². The first-order valence-electron chi connectivity index (χ1n) is 5.57. The molecule has 2 aliphatic rings. The molecule has 0 spiro atoms. The van der Waals surface area contributed by atoms with E-state index in [1.54, 1.807) is 0 Å². The quantitative estimate of drug-likeness (QED) is 0.707. The highest BCUT2D eigenvalue weighted by Gasteiger charge is 2.56. The summed E-state index contributed by atoms with van der Waals surface area (Å²) in [4.78, 5) is 13.5. The molecule has 3 atom stereocenters. The van der Waals surface area contributed by atoms with Crippen LogP contribution in [-0.2, 0) is 4.74 Å². The van der Waals surface area contributed by atoms with E-state index in [2.05, 4.69) is 5.32 Å². The Morgan fingerprint density at radius 3 is 2.27 bits per heavy atom. The Labute approximate surface area is 91.0 Å². The maximum atomic E-state index is 11.7. The van der Waals surface area contributed by atoms with Crippen molar-refractivity contribution in [3.63, 3.8) is 0 Å². The van der Waals surface area contributed by atoms with Crippen molar-refractivity contribution in [2.75, 3.05) is 20.1 Å². The minimum atomic E-state index is -0.383. The number of nitrogens with zero attached hydrogens (tertiary/aromatic N) is 1. The molecule has 1 aliphatic carbocycles. The van der Waals surface area contributed by atoms with Gasteiger partial charge in [0.05, 0.1) is 0 Å². The van der Waals surface area contributed by atoms with Gasteiger partial charge in [-0.15, -0.1) is 0 Å². The lowest BCUT2D eigenvalue weighted by Crippen LogP contribution is -2.38. The van der Waals surface area contributed by atoms with Crippen LogP contribution in [0.2, 0.25) is 0 Å². The van der Waals surface area contributed by atoms with Gasteiger partial charge in [0.15, 0.2) is 0 Å². The van der Waals surface area contributed by atoms with E-state index in [1.807, 2.05) is 32.7 Å². The molecule has 4 heteroatoms. The van der Waals surface area contributed by atoms with Gasteiger partial charge in [-0.05, 0) is 39.7 Å². The zero-order chi connectivity index (χ0) is 11.2. The summed E-state index contributed by atoms with van der Waals surface area (Å²) in [5.41, 5.74) is -0.383. The molecule has 1 saturated heterocycles. The summed E-state index contributed by atoms with van der Waals surface area (Å²) in [6, 6.07) is 0.628. The van der Waals surface area contributed by atoms with Crippen molar-refractivity contribution in [3.05, 3.63) is 0 Å². The fraction of sp³-hybridized carbons (Fsp3) is 0.909. The molecule has 0 aromatic carbocycles. The minimum Gasteiger partial charge on any atom is -0.444 e. The standard InChI is InChI=1S/C11H20N2O2/c1-11(2,3)15-10(14)13-5-7-8(6-13)9(7)12-4/h7-9,12H,5-6H2,1-4H3/t7-,8+,9?. The summed E-state index contributed by atoms with van der Waals surface area (Å²) >= 11 is 0.